The lowest BCUT2D eigenvalue weighted by atomic mass is 10.1. The van der Waals surface area contributed by atoms with Crippen LogP contribution in [0.2, 0.25) is 0 Å². The van der Waals surface area contributed by atoms with Gasteiger partial charge >= 0.3 is 11.9 Å². The highest BCUT2D eigenvalue weighted by Gasteiger charge is 2.26. The largest absolute Gasteiger partial charge is 0.465 e. The molecule has 0 bridgehead atoms. The first-order valence-corrected chi connectivity index (χ1v) is 9.45. The Morgan fingerprint density at radius 3 is 2.22 bits per heavy atom. The van der Waals surface area contributed by atoms with E-state index in [9.17, 15) is 9.59 Å². The molecule has 1 aromatic heterocycles. The molecular formula is C19H22N2O4S2. The van der Waals surface area contributed by atoms with Crippen LogP contribution in [0.4, 0.5) is 5.00 Å². The lowest BCUT2D eigenvalue weighted by Gasteiger charge is -2.17. The van der Waals surface area contributed by atoms with Crippen molar-refractivity contribution in [2.75, 3.05) is 19.5 Å². The number of hydrogen-bond acceptors (Lipinski definition) is 6. The number of carbonyl (C=O) groups is 2. The SMILES string of the molecule is COC(=O)c1sc(NC(=S)NC(C)c2ccc(C)cc2)c(C(=O)OC)c1C. The van der Waals surface area contributed by atoms with Crippen LogP contribution in [-0.4, -0.2) is 31.3 Å². The topological polar surface area (TPSA) is 76.7 Å². The maximum atomic E-state index is 12.2. The van der Waals surface area contributed by atoms with E-state index in [2.05, 4.69) is 10.6 Å². The van der Waals surface area contributed by atoms with E-state index in [0.717, 1.165) is 16.9 Å². The first-order valence-electron chi connectivity index (χ1n) is 8.22. The predicted molar refractivity (Wildman–Crippen MR) is 111 cm³/mol. The van der Waals surface area contributed by atoms with Crippen molar-refractivity contribution in [1.29, 1.82) is 0 Å². The monoisotopic (exact) mass is 406 g/mol. The van der Waals surface area contributed by atoms with Crippen LogP contribution < -0.4 is 10.6 Å². The summed E-state index contributed by atoms with van der Waals surface area (Å²) in [5.74, 6) is -1.06. The highest BCUT2D eigenvalue weighted by atomic mass is 32.1. The zero-order chi connectivity index (χ0) is 20.1. The second-order valence-corrected chi connectivity index (χ2v) is 7.40. The van der Waals surface area contributed by atoms with Gasteiger partial charge in [0.05, 0.1) is 25.8 Å². The Balaban J connectivity index is 2.22. The Labute approximate surface area is 167 Å². The first-order chi connectivity index (χ1) is 12.8. The van der Waals surface area contributed by atoms with E-state index in [1.165, 1.54) is 19.8 Å². The van der Waals surface area contributed by atoms with Crippen molar-refractivity contribution in [3.8, 4) is 0 Å². The highest BCUT2D eigenvalue weighted by Crippen LogP contribution is 2.34. The minimum absolute atomic E-state index is 0.0340. The van der Waals surface area contributed by atoms with Crippen LogP contribution in [0.5, 0.6) is 0 Å². The molecule has 1 unspecified atom stereocenters. The quantitative estimate of drug-likeness (QED) is 0.574. The molecule has 27 heavy (non-hydrogen) atoms. The van der Waals surface area contributed by atoms with Gasteiger partial charge in [0.2, 0.25) is 0 Å². The molecule has 6 nitrogen and oxygen atoms in total. The summed E-state index contributed by atoms with van der Waals surface area (Å²) >= 11 is 6.48. The number of methoxy groups -OCH3 is 2. The molecule has 144 valence electrons. The number of benzene rings is 1. The van der Waals surface area contributed by atoms with Crippen LogP contribution >= 0.6 is 23.6 Å². The number of anilines is 1. The van der Waals surface area contributed by atoms with Crippen LogP contribution in [0.25, 0.3) is 0 Å². The number of ether oxygens (including phenoxy) is 2. The van der Waals surface area contributed by atoms with Crippen molar-refractivity contribution in [2.24, 2.45) is 0 Å². The molecule has 1 atom stereocenters. The first kappa shape index (κ1) is 20.9. The third-order valence-electron chi connectivity index (χ3n) is 4.06. The molecule has 8 heteroatoms. The molecule has 2 aromatic rings. The van der Waals surface area contributed by atoms with E-state index in [4.69, 9.17) is 21.7 Å². The maximum absolute atomic E-state index is 12.2. The summed E-state index contributed by atoms with van der Waals surface area (Å²) < 4.78 is 9.62. The van der Waals surface area contributed by atoms with Gasteiger partial charge in [-0.3, -0.25) is 0 Å². The number of thiocarbonyl (C=S) groups is 1. The Morgan fingerprint density at radius 1 is 1.07 bits per heavy atom. The van der Waals surface area contributed by atoms with Gasteiger partial charge in [0.1, 0.15) is 9.88 Å². The average Bonchev–Trinajstić information content (AvgIpc) is 2.96. The second-order valence-electron chi connectivity index (χ2n) is 5.97. The van der Waals surface area contributed by atoms with Gasteiger partial charge < -0.3 is 20.1 Å². The highest BCUT2D eigenvalue weighted by molar-refractivity contribution is 7.80. The Hall–Kier alpha value is -2.45. The van der Waals surface area contributed by atoms with Gasteiger partial charge in [-0.05, 0) is 44.1 Å². The minimum Gasteiger partial charge on any atom is -0.465 e. The van der Waals surface area contributed by atoms with E-state index < -0.39 is 11.9 Å². The molecular weight excluding hydrogens is 384 g/mol. The smallest absolute Gasteiger partial charge is 0.348 e. The zero-order valence-corrected chi connectivity index (χ0v) is 17.5. The number of aryl methyl sites for hydroxylation is 1. The lowest BCUT2D eigenvalue weighted by molar-refractivity contribution is 0.0601. The molecule has 0 aliphatic carbocycles. The lowest BCUT2D eigenvalue weighted by Crippen LogP contribution is -2.31. The van der Waals surface area contributed by atoms with Crippen LogP contribution in [0.1, 0.15) is 49.7 Å². The average molecular weight is 407 g/mol. The Bertz CT molecular complexity index is 859. The van der Waals surface area contributed by atoms with Gasteiger partial charge in [-0.1, -0.05) is 29.8 Å². The molecule has 1 aromatic carbocycles. The van der Waals surface area contributed by atoms with Crippen molar-refractivity contribution < 1.29 is 19.1 Å². The summed E-state index contributed by atoms with van der Waals surface area (Å²) in [4.78, 5) is 24.4. The molecule has 0 aliphatic heterocycles. The van der Waals surface area contributed by atoms with E-state index in [1.54, 1.807) is 6.92 Å². The molecule has 0 fully saturated rings. The number of nitrogens with one attached hydrogen (secondary N) is 2. The summed E-state index contributed by atoms with van der Waals surface area (Å²) in [6.45, 7) is 5.69. The van der Waals surface area contributed by atoms with Gasteiger partial charge in [0, 0.05) is 0 Å². The van der Waals surface area contributed by atoms with Crippen LogP contribution in [0.3, 0.4) is 0 Å². The molecule has 0 aliphatic rings. The fourth-order valence-electron chi connectivity index (χ4n) is 2.51. The molecule has 2 rings (SSSR count). The molecule has 2 N–H and O–H groups in total. The van der Waals surface area contributed by atoms with E-state index in [1.807, 2.05) is 38.1 Å². The molecule has 0 saturated carbocycles. The molecule has 1 heterocycles. The van der Waals surface area contributed by atoms with Crippen molar-refractivity contribution in [1.82, 2.24) is 5.32 Å². The molecule has 0 saturated heterocycles. The van der Waals surface area contributed by atoms with Crippen LogP contribution in [0.15, 0.2) is 24.3 Å². The summed E-state index contributed by atoms with van der Waals surface area (Å²) in [7, 11) is 2.58. The third-order valence-corrected chi connectivity index (χ3v) is 5.47. The van der Waals surface area contributed by atoms with E-state index >= 15 is 0 Å². The minimum atomic E-state index is -0.546. The number of rotatable bonds is 5. The van der Waals surface area contributed by atoms with Crippen molar-refractivity contribution >= 4 is 45.6 Å². The van der Waals surface area contributed by atoms with Crippen molar-refractivity contribution in [3.63, 3.8) is 0 Å². The maximum Gasteiger partial charge on any atom is 0.348 e. The number of hydrogen-bond donors (Lipinski definition) is 2. The standard InChI is InChI=1S/C19H22N2O4S2/c1-10-6-8-13(9-7-10)12(3)20-19(26)21-16-14(17(22)24-4)11(2)15(27-16)18(23)25-5/h6-9,12H,1-5H3,(H2,20,21,26). The third kappa shape index (κ3) is 4.84. The Morgan fingerprint density at radius 2 is 1.67 bits per heavy atom. The van der Waals surface area contributed by atoms with Gasteiger partial charge in [0.25, 0.3) is 0 Å². The summed E-state index contributed by atoms with van der Waals surface area (Å²) in [5.41, 5.74) is 3.03. The molecule has 0 amide bonds. The van der Waals surface area contributed by atoms with E-state index in [0.29, 0.717) is 20.6 Å². The van der Waals surface area contributed by atoms with Gasteiger partial charge in [-0.2, -0.15) is 0 Å². The molecule has 0 spiro atoms. The van der Waals surface area contributed by atoms with Gasteiger partial charge in [0.15, 0.2) is 5.11 Å². The number of thiophene rings is 1. The van der Waals surface area contributed by atoms with Crippen LogP contribution in [-0.2, 0) is 9.47 Å². The second kappa shape index (κ2) is 8.96. The zero-order valence-electron chi connectivity index (χ0n) is 15.8. The van der Waals surface area contributed by atoms with E-state index in [-0.39, 0.29) is 11.6 Å². The fourth-order valence-corrected chi connectivity index (χ4v) is 3.97. The Kier molecular flexibility index (Phi) is 6.92. The summed E-state index contributed by atoms with van der Waals surface area (Å²) in [6.07, 6.45) is 0. The van der Waals surface area contributed by atoms with Gasteiger partial charge in [-0.25, -0.2) is 9.59 Å². The number of carbonyl (C=O) groups excluding carboxylic acids is 2. The van der Waals surface area contributed by atoms with Crippen LogP contribution in [0, 0.1) is 13.8 Å². The summed E-state index contributed by atoms with van der Waals surface area (Å²) in [5, 5.41) is 6.96. The fraction of sp³-hybridized carbons (Fsp3) is 0.316. The van der Waals surface area contributed by atoms with Gasteiger partial charge in [-0.15, -0.1) is 11.3 Å². The molecule has 0 radical (unpaired) electrons. The summed E-state index contributed by atoms with van der Waals surface area (Å²) in [6, 6.07) is 8.09. The normalized spacial score (nSPS) is 11.4. The van der Waals surface area contributed by atoms with Crippen molar-refractivity contribution in [2.45, 2.75) is 26.8 Å². The number of esters is 2. The van der Waals surface area contributed by atoms with Crippen molar-refractivity contribution in [3.05, 3.63) is 51.4 Å². The predicted octanol–water partition coefficient (Wildman–Crippen LogP) is 3.99.